The number of anilines is 1. The summed E-state index contributed by atoms with van der Waals surface area (Å²) in [5.41, 5.74) is 2.52. The fourth-order valence-electron chi connectivity index (χ4n) is 3.70. The van der Waals surface area contributed by atoms with Crippen LogP contribution in [0.4, 0.5) is 5.69 Å². The van der Waals surface area contributed by atoms with Gasteiger partial charge in [0.05, 0.1) is 10.6 Å². The predicted molar refractivity (Wildman–Crippen MR) is 121 cm³/mol. The molecule has 152 valence electrons. The summed E-state index contributed by atoms with van der Waals surface area (Å²) >= 11 is 3.06. The summed E-state index contributed by atoms with van der Waals surface area (Å²) in [5.74, 6) is 1.85. The maximum absolute atomic E-state index is 12.8. The molecule has 0 saturated carbocycles. The highest BCUT2D eigenvalue weighted by Crippen LogP contribution is 2.31. The van der Waals surface area contributed by atoms with Crippen LogP contribution < -0.4 is 5.32 Å². The van der Waals surface area contributed by atoms with Crippen LogP contribution in [-0.2, 0) is 13.0 Å². The Morgan fingerprint density at radius 2 is 1.97 bits per heavy atom. The van der Waals surface area contributed by atoms with Crippen LogP contribution in [0.25, 0.3) is 21.3 Å². The molecule has 0 spiro atoms. The Bertz CT molecular complexity index is 1180. The fraction of sp³-hybridized carbons (Fsp3) is 0.273. The van der Waals surface area contributed by atoms with E-state index in [1.54, 1.807) is 11.3 Å². The molecule has 0 atom stereocenters. The van der Waals surface area contributed by atoms with Crippen molar-refractivity contribution in [2.75, 3.05) is 5.32 Å². The summed E-state index contributed by atoms with van der Waals surface area (Å²) in [4.78, 5) is 19.1. The number of hydrogen-bond donors (Lipinski definition) is 1. The highest BCUT2D eigenvalue weighted by Gasteiger charge is 2.18. The van der Waals surface area contributed by atoms with Gasteiger partial charge in [0.1, 0.15) is 15.7 Å². The Morgan fingerprint density at radius 3 is 2.77 bits per heavy atom. The number of thiophene rings is 1. The van der Waals surface area contributed by atoms with E-state index in [1.807, 2.05) is 48.7 Å². The van der Waals surface area contributed by atoms with E-state index in [1.165, 1.54) is 24.2 Å². The monoisotopic (exact) mass is 435 g/mol. The number of aryl methyl sites for hydroxylation is 2. The summed E-state index contributed by atoms with van der Waals surface area (Å²) < 4.78 is 2.23. The van der Waals surface area contributed by atoms with Gasteiger partial charge in [-0.3, -0.25) is 4.79 Å². The molecule has 5 rings (SSSR count). The Labute approximate surface area is 182 Å². The lowest BCUT2D eigenvalue weighted by molar-refractivity contribution is 0.103. The number of carbonyl (C=O) groups is 1. The molecule has 8 heteroatoms. The van der Waals surface area contributed by atoms with Crippen molar-refractivity contribution in [2.45, 2.75) is 39.2 Å². The maximum atomic E-state index is 12.8. The van der Waals surface area contributed by atoms with E-state index in [2.05, 4.69) is 25.1 Å². The lowest BCUT2D eigenvalue weighted by atomic mass is 10.2. The molecule has 4 aromatic rings. The molecular formula is C22H21N5OS2. The number of amides is 1. The van der Waals surface area contributed by atoms with Crippen molar-refractivity contribution >= 4 is 34.3 Å². The third kappa shape index (κ3) is 3.68. The smallest absolute Gasteiger partial charge is 0.267 e. The van der Waals surface area contributed by atoms with Gasteiger partial charge in [0.25, 0.3) is 5.91 Å². The van der Waals surface area contributed by atoms with Gasteiger partial charge in [-0.2, -0.15) is 0 Å². The number of nitrogens with zero attached hydrogens (tertiary/aromatic N) is 4. The molecular weight excluding hydrogens is 414 g/mol. The predicted octanol–water partition coefficient (Wildman–Crippen LogP) is 5.42. The van der Waals surface area contributed by atoms with Gasteiger partial charge in [0.2, 0.25) is 0 Å². The lowest BCUT2D eigenvalue weighted by Crippen LogP contribution is -2.11. The number of aromatic nitrogens is 4. The summed E-state index contributed by atoms with van der Waals surface area (Å²) in [7, 11) is 0. The van der Waals surface area contributed by atoms with Crippen LogP contribution in [0.3, 0.4) is 0 Å². The first-order valence-corrected chi connectivity index (χ1v) is 11.7. The third-order valence-corrected chi connectivity index (χ3v) is 7.44. The summed E-state index contributed by atoms with van der Waals surface area (Å²) in [5, 5.41) is 14.7. The molecule has 0 radical (unpaired) electrons. The van der Waals surface area contributed by atoms with Crippen LogP contribution in [0, 0.1) is 6.92 Å². The standard InChI is InChI=1S/C22H21N5OS2/c1-14-19(30-22(23-14)17-6-5-13-29-17)21(28)24-16-10-8-15(9-11-16)20-26-25-18-7-3-2-4-12-27(18)20/h5-6,8-11,13H,2-4,7,12H2,1H3,(H,24,28). The van der Waals surface area contributed by atoms with Gasteiger partial charge in [-0.25, -0.2) is 4.98 Å². The van der Waals surface area contributed by atoms with Crippen molar-refractivity contribution in [1.82, 2.24) is 19.7 Å². The van der Waals surface area contributed by atoms with E-state index in [4.69, 9.17) is 0 Å². The average Bonchev–Trinajstić information content (AvgIpc) is 3.46. The van der Waals surface area contributed by atoms with Crippen LogP contribution in [0.15, 0.2) is 41.8 Å². The van der Waals surface area contributed by atoms with Crippen LogP contribution in [0.5, 0.6) is 0 Å². The van der Waals surface area contributed by atoms with E-state index >= 15 is 0 Å². The first kappa shape index (κ1) is 19.1. The normalized spacial score (nSPS) is 13.6. The van der Waals surface area contributed by atoms with Crippen molar-refractivity contribution in [3.63, 3.8) is 0 Å². The Hall–Kier alpha value is -2.84. The second-order valence-electron chi connectivity index (χ2n) is 7.34. The van der Waals surface area contributed by atoms with E-state index in [0.717, 1.165) is 57.9 Å². The Kier molecular flexibility index (Phi) is 5.18. The molecule has 6 nitrogen and oxygen atoms in total. The van der Waals surface area contributed by atoms with E-state index in [9.17, 15) is 4.79 Å². The maximum Gasteiger partial charge on any atom is 0.267 e. The van der Waals surface area contributed by atoms with E-state index in [-0.39, 0.29) is 5.91 Å². The number of nitrogens with one attached hydrogen (secondary N) is 1. The molecule has 1 aliphatic rings. The quantitative estimate of drug-likeness (QED) is 0.465. The number of carbonyl (C=O) groups excluding carboxylic acids is 1. The molecule has 0 saturated heterocycles. The number of thiazole rings is 1. The molecule has 1 aliphatic heterocycles. The molecule has 1 amide bonds. The minimum absolute atomic E-state index is 0.128. The van der Waals surface area contributed by atoms with E-state index < -0.39 is 0 Å². The number of fused-ring (bicyclic) bond motifs is 1. The Balaban J connectivity index is 1.33. The molecule has 0 aliphatic carbocycles. The van der Waals surface area contributed by atoms with E-state index in [0.29, 0.717) is 4.88 Å². The second kappa shape index (κ2) is 8.12. The van der Waals surface area contributed by atoms with Gasteiger partial charge < -0.3 is 9.88 Å². The molecule has 0 fully saturated rings. The van der Waals surface area contributed by atoms with Crippen molar-refractivity contribution in [3.8, 4) is 21.3 Å². The number of benzene rings is 1. The van der Waals surface area contributed by atoms with Crippen molar-refractivity contribution in [3.05, 3.63) is 58.2 Å². The van der Waals surface area contributed by atoms with Crippen LogP contribution in [0.2, 0.25) is 0 Å². The zero-order chi connectivity index (χ0) is 20.5. The lowest BCUT2D eigenvalue weighted by Gasteiger charge is -2.08. The van der Waals surface area contributed by atoms with Gasteiger partial charge in [0, 0.05) is 24.2 Å². The number of hydrogen-bond acceptors (Lipinski definition) is 6. The topological polar surface area (TPSA) is 72.7 Å². The SMILES string of the molecule is Cc1nc(-c2cccs2)sc1C(=O)Nc1ccc(-c2nnc3n2CCCCC3)cc1. The van der Waals surface area contributed by atoms with Crippen molar-refractivity contribution < 1.29 is 4.79 Å². The molecule has 0 bridgehead atoms. The highest BCUT2D eigenvalue weighted by atomic mass is 32.1. The van der Waals surface area contributed by atoms with Gasteiger partial charge in [0.15, 0.2) is 5.82 Å². The van der Waals surface area contributed by atoms with Crippen LogP contribution in [0.1, 0.15) is 40.5 Å². The third-order valence-electron chi connectivity index (χ3n) is 5.25. The van der Waals surface area contributed by atoms with Crippen LogP contribution in [-0.4, -0.2) is 25.7 Å². The zero-order valence-corrected chi connectivity index (χ0v) is 18.2. The molecule has 30 heavy (non-hydrogen) atoms. The van der Waals surface area contributed by atoms with Gasteiger partial charge in [-0.1, -0.05) is 12.5 Å². The van der Waals surface area contributed by atoms with Crippen LogP contribution >= 0.6 is 22.7 Å². The largest absolute Gasteiger partial charge is 0.321 e. The summed E-state index contributed by atoms with van der Waals surface area (Å²) in [6.45, 7) is 2.84. The van der Waals surface area contributed by atoms with Gasteiger partial charge in [-0.05, 0) is 55.5 Å². The van der Waals surface area contributed by atoms with Crippen molar-refractivity contribution in [1.29, 1.82) is 0 Å². The second-order valence-corrected chi connectivity index (χ2v) is 9.29. The first-order valence-electron chi connectivity index (χ1n) is 10.0. The molecule has 1 N–H and O–H groups in total. The summed E-state index contributed by atoms with van der Waals surface area (Å²) in [6.07, 6.45) is 4.56. The Morgan fingerprint density at radius 1 is 1.10 bits per heavy atom. The molecule has 3 aromatic heterocycles. The minimum Gasteiger partial charge on any atom is -0.321 e. The molecule has 0 unspecified atom stereocenters. The fourth-order valence-corrected chi connectivity index (χ4v) is 5.46. The average molecular weight is 436 g/mol. The van der Waals surface area contributed by atoms with Gasteiger partial charge >= 0.3 is 0 Å². The van der Waals surface area contributed by atoms with Crippen molar-refractivity contribution in [2.24, 2.45) is 0 Å². The zero-order valence-electron chi connectivity index (χ0n) is 16.6. The summed E-state index contributed by atoms with van der Waals surface area (Å²) in [6, 6.07) is 11.8. The first-order chi connectivity index (χ1) is 14.7. The number of rotatable bonds is 4. The highest BCUT2D eigenvalue weighted by molar-refractivity contribution is 7.22. The minimum atomic E-state index is -0.128. The van der Waals surface area contributed by atoms with Gasteiger partial charge in [-0.15, -0.1) is 32.9 Å². The molecule has 1 aromatic carbocycles. The molecule has 4 heterocycles.